The summed E-state index contributed by atoms with van der Waals surface area (Å²) in [7, 11) is 2.14. The van der Waals surface area contributed by atoms with Crippen molar-refractivity contribution in [2.45, 2.75) is 32.3 Å². The molecule has 1 aromatic rings. The van der Waals surface area contributed by atoms with Crippen molar-refractivity contribution in [2.24, 2.45) is 0 Å². The van der Waals surface area contributed by atoms with Crippen molar-refractivity contribution in [1.82, 2.24) is 10.2 Å². The second kappa shape index (κ2) is 7.29. The summed E-state index contributed by atoms with van der Waals surface area (Å²) in [6.45, 7) is 4.93. The summed E-state index contributed by atoms with van der Waals surface area (Å²) in [6, 6.07) is 7.43. The summed E-state index contributed by atoms with van der Waals surface area (Å²) in [5, 5.41) is 2.87. The summed E-state index contributed by atoms with van der Waals surface area (Å²) in [4.78, 5) is 14.1. The van der Waals surface area contributed by atoms with Crippen molar-refractivity contribution < 1.29 is 9.53 Å². The minimum Gasteiger partial charge on any atom is -0.490 e. The highest BCUT2D eigenvalue weighted by Gasteiger charge is 2.18. The van der Waals surface area contributed by atoms with Gasteiger partial charge < -0.3 is 15.0 Å². The van der Waals surface area contributed by atoms with Crippen LogP contribution in [0.25, 0.3) is 0 Å². The molecule has 0 atom stereocenters. The summed E-state index contributed by atoms with van der Waals surface area (Å²) < 4.78 is 5.96. The van der Waals surface area contributed by atoms with E-state index < -0.39 is 0 Å². The van der Waals surface area contributed by atoms with Crippen LogP contribution in [0.15, 0.2) is 24.3 Å². The Hall–Kier alpha value is -1.55. The number of nitrogens with zero attached hydrogens (tertiary/aromatic N) is 1. The molecular weight excluding hydrogens is 252 g/mol. The molecule has 4 heteroatoms. The van der Waals surface area contributed by atoms with Crippen LogP contribution < -0.4 is 10.1 Å². The third kappa shape index (κ3) is 4.23. The molecule has 4 nitrogen and oxygen atoms in total. The largest absolute Gasteiger partial charge is 0.490 e. The van der Waals surface area contributed by atoms with Crippen molar-refractivity contribution in [3.8, 4) is 5.75 Å². The molecule has 2 rings (SSSR count). The molecule has 110 valence electrons. The number of benzene rings is 1. The maximum Gasteiger partial charge on any atom is 0.251 e. The quantitative estimate of drug-likeness (QED) is 0.897. The van der Waals surface area contributed by atoms with Crippen LogP contribution in [0.4, 0.5) is 0 Å². The van der Waals surface area contributed by atoms with Gasteiger partial charge in [-0.3, -0.25) is 4.79 Å². The Labute approximate surface area is 121 Å². The van der Waals surface area contributed by atoms with Gasteiger partial charge >= 0.3 is 0 Å². The molecule has 1 heterocycles. The van der Waals surface area contributed by atoms with E-state index in [0.717, 1.165) is 38.1 Å². The molecule has 0 bridgehead atoms. The molecule has 1 N–H and O–H groups in total. The van der Waals surface area contributed by atoms with E-state index in [4.69, 9.17) is 4.74 Å². The number of rotatable bonds is 5. The zero-order valence-electron chi connectivity index (χ0n) is 12.4. The molecule has 0 aliphatic carbocycles. The number of ether oxygens (including phenoxy) is 1. The van der Waals surface area contributed by atoms with E-state index in [1.165, 1.54) is 0 Å². The SMILES string of the molecule is CCCNC(=O)c1ccc(OC2CCN(C)CC2)cc1. The highest BCUT2D eigenvalue weighted by Crippen LogP contribution is 2.19. The number of hydrogen-bond donors (Lipinski definition) is 1. The van der Waals surface area contributed by atoms with Gasteiger partial charge in [0.25, 0.3) is 5.91 Å². The molecule has 0 aromatic heterocycles. The fourth-order valence-corrected chi connectivity index (χ4v) is 2.32. The van der Waals surface area contributed by atoms with Crippen LogP contribution in [0.3, 0.4) is 0 Å². The van der Waals surface area contributed by atoms with Gasteiger partial charge in [-0.15, -0.1) is 0 Å². The van der Waals surface area contributed by atoms with E-state index in [2.05, 4.69) is 17.3 Å². The van der Waals surface area contributed by atoms with Gasteiger partial charge in [-0.2, -0.15) is 0 Å². The fraction of sp³-hybridized carbons (Fsp3) is 0.562. The number of hydrogen-bond acceptors (Lipinski definition) is 3. The van der Waals surface area contributed by atoms with Gasteiger partial charge in [0.05, 0.1) is 0 Å². The zero-order valence-corrected chi connectivity index (χ0v) is 12.4. The van der Waals surface area contributed by atoms with Gasteiger partial charge in [0.2, 0.25) is 0 Å². The third-order valence-corrected chi connectivity index (χ3v) is 3.62. The molecule has 1 fully saturated rings. The standard InChI is InChI=1S/C16H24N2O2/c1-3-10-17-16(19)13-4-6-14(7-5-13)20-15-8-11-18(2)12-9-15/h4-7,15H,3,8-12H2,1-2H3,(H,17,19). The first-order valence-corrected chi connectivity index (χ1v) is 7.42. The van der Waals surface area contributed by atoms with Crippen molar-refractivity contribution in [3.63, 3.8) is 0 Å². The first kappa shape index (κ1) is 14.9. The highest BCUT2D eigenvalue weighted by atomic mass is 16.5. The van der Waals surface area contributed by atoms with Gasteiger partial charge in [0, 0.05) is 25.2 Å². The van der Waals surface area contributed by atoms with E-state index in [1.807, 2.05) is 31.2 Å². The number of nitrogens with one attached hydrogen (secondary N) is 1. The van der Waals surface area contributed by atoms with Crippen molar-refractivity contribution in [2.75, 3.05) is 26.7 Å². The Bertz CT molecular complexity index is 423. The monoisotopic (exact) mass is 276 g/mol. The number of likely N-dealkylation sites (tertiary alicyclic amines) is 1. The predicted octanol–water partition coefficient (Wildman–Crippen LogP) is 2.30. The van der Waals surface area contributed by atoms with Gasteiger partial charge in [-0.25, -0.2) is 0 Å². The fourth-order valence-electron chi connectivity index (χ4n) is 2.32. The number of piperidine rings is 1. The second-order valence-electron chi connectivity index (χ2n) is 5.40. The molecule has 1 aliphatic rings. The minimum absolute atomic E-state index is 0.0160. The predicted molar refractivity (Wildman–Crippen MR) is 80.2 cm³/mol. The van der Waals surface area contributed by atoms with Gasteiger partial charge in [0.15, 0.2) is 0 Å². The number of carbonyl (C=O) groups is 1. The molecule has 0 unspecified atom stereocenters. The molecular formula is C16H24N2O2. The van der Waals surface area contributed by atoms with Gasteiger partial charge in [-0.1, -0.05) is 6.92 Å². The van der Waals surface area contributed by atoms with E-state index >= 15 is 0 Å². The minimum atomic E-state index is -0.0160. The first-order valence-electron chi connectivity index (χ1n) is 7.42. The van der Waals surface area contributed by atoms with E-state index in [9.17, 15) is 4.79 Å². The van der Waals surface area contributed by atoms with Crippen LogP contribution in [0.1, 0.15) is 36.5 Å². The summed E-state index contributed by atoms with van der Waals surface area (Å²) in [6.07, 6.45) is 3.37. The Balaban J connectivity index is 1.86. The van der Waals surface area contributed by atoms with E-state index in [-0.39, 0.29) is 5.91 Å². The Morgan fingerprint density at radius 2 is 1.95 bits per heavy atom. The molecule has 0 radical (unpaired) electrons. The van der Waals surface area contributed by atoms with Gasteiger partial charge in [-0.05, 0) is 50.6 Å². The van der Waals surface area contributed by atoms with Crippen LogP contribution in [0.5, 0.6) is 5.75 Å². The lowest BCUT2D eigenvalue weighted by atomic mass is 10.1. The van der Waals surface area contributed by atoms with Crippen LogP contribution >= 0.6 is 0 Å². The smallest absolute Gasteiger partial charge is 0.251 e. The molecule has 20 heavy (non-hydrogen) atoms. The van der Waals surface area contributed by atoms with Crippen LogP contribution in [0, 0.1) is 0 Å². The lowest BCUT2D eigenvalue weighted by Gasteiger charge is -2.29. The Morgan fingerprint density at radius 3 is 2.55 bits per heavy atom. The van der Waals surface area contributed by atoms with Crippen molar-refractivity contribution in [3.05, 3.63) is 29.8 Å². The average Bonchev–Trinajstić information content (AvgIpc) is 2.48. The average molecular weight is 276 g/mol. The molecule has 1 amide bonds. The summed E-state index contributed by atoms with van der Waals surface area (Å²) >= 11 is 0. The normalized spacial score (nSPS) is 16.9. The first-order chi connectivity index (χ1) is 9.69. The van der Waals surface area contributed by atoms with E-state index in [1.54, 1.807) is 0 Å². The number of carbonyl (C=O) groups excluding carboxylic acids is 1. The molecule has 1 saturated heterocycles. The summed E-state index contributed by atoms with van der Waals surface area (Å²) in [5.74, 6) is 0.837. The van der Waals surface area contributed by atoms with Gasteiger partial charge in [0.1, 0.15) is 11.9 Å². The zero-order chi connectivity index (χ0) is 14.4. The topological polar surface area (TPSA) is 41.6 Å². The van der Waals surface area contributed by atoms with E-state index in [0.29, 0.717) is 18.2 Å². The molecule has 0 spiro atoms. The molecule has 1 aliphatic heterocycles. The molecule has 1 aromatic carbocycles. The van der Waals surface area contributed by atoms with Crippen LogP contribution in [-0.2, 0) is 0 Å². The van der Waals surface area contributed by atoms with Crippen molar-refractivity contribution >= 4 is 5.91 Å². The lowest BCUT2D eigenvalue weighted by molar-refractivity contribution is 0.0953. The van der Waals surface area contributed by atoms with Crippen LogP contribution in [-0.4, -0.2) is 43.6 Å². The van der Waals surface area contributed by atoms with Crippen LogP contribution in [0.2, 0.25) is 0 Å². The molecule has 0 saturated carbocycles. The number of amides is 1. The maximum atomic E-state index is 11.8. The Morgan fingerprint density at radius 1 is 1.30 bits per heavy atom. The second-order valence-corrected chi connectivity index (χ2v) is 5.40. The Kier molecular flexibility index (Phi) is 5.41. The third-order valence-electron chi connectivity index (χ3n) is 3.62. The lowest BCUT2D eigenvalue weighted by Crippen LogP contribution is -2.35. The van der Waals surface area contributed by atoms with Crippen molar-refractivity contribution in [1.29, 1.82) is 0 Å². The summed E-state index contributed by atoms with van der Waals surface area (Å²) in [5.41, 5.74) is 0.689. The highest BCUT2D eigenvalue weighted by molar-refractivity contribution is 5.94. The maximum absolute atomic E-state index is 11.8.